The number of ether oxygens (including phenoxy) is 2. The maximum absolute atomic E-state index is 16.1. The summed E-state index contributed by atoms with van der Waals surface area (Å²) < 4.78 is 26.7. The second-order valence-corrected chi connectivity index (χ2v) is 8.16. The van der Waals surface area contributed by atoms with Gasteiger partial charge in [0, 0.05) is 42.8 Å². The highest BCUT2D eigenvalue weighted by molar-refractivity contribution is 5.84. The summed E-state index contributed by atoms with van der Waals surface area (Å²) in [5, 5.41) is 0.842. The van der Waals surface area contributed by atoms with Crippen molar-refractivity contribution in [1.82, 2.24) is 4.98 Å². The van der Waals surface area contributed by atoms with Crippen LogP contribution in [-0.2, 0) is 9.53 Å². The maximum Gasteiger partial charge on any atom is 0.303 e. The molecule has 3 aliphatic rings. The number of carbonyl (C=O) groups is 1. The first-order chi connectivity index (χ1) is 13.4. The quantitative estimate of drug-likeness (QED) is 0.565. The molecule has 3 fully saturated rings. The molecule has 1 aromatic carbocycles. The normalized spacial score (nSPS) is 30.2. The molecule has 5 rings (SSSR count). The summed E-state index contributed by atoms with van der Waals surface area (Å²) in [6, 6.07) is 7.08. The molecule has 3 aliphatic heterocycles. The van der Waals surface area contributed by atoms with Crippen molar-refractivity contribution >= 4 is 16.9 Å². The second kappa shape index (κ2) is 7.32. The Hall–Kier alpha value is -2.21. The zero-order valence-electron chi connectivity index (χ0n) is 16.7. The summed E-state index contributed by atoms with van der Waals surface area (Å²) in [5.74, 6) is 1.21. The summed E-state index contributed by atoms with van der Waals surface area (Å²) in [7, 11) is 1.61. The smallest absolute Gasteiger partial charge is 0.303 e. The molecule has 5 nitrogen and oxygen atoms in total. The van der Waals surface area contributed by atoms with Gasteiger partial charge in [0.05, 0.1) is 12.6 Å². The van der Waals surface area contributed by atoms with Crippen molar-refractivity contribution in [3.63, 3.8) is 0 Å². The minimum absolute atomic E-state index is 0.387. The third kappa shape index (κ3) is 3.24. The van der Waals surface area contributed by atoms with Crippen LogP contribution in [0.15, 0.2) is 30.5 Å². The van der Waals surface area contributed by atoms with Gasteiger partial charge in [0.25, 0.3) is 0 Å². The van der Waals surface area contributed by atoms with E-state index in [0.717, 1.165) is 35.7 Å². The number of piperidine rings is 3. The van der Waals surface area contributed by atoms with Crippen LogP contribution in [0.5, 0.6) is 5.75 Å². The average molecular weight is 387 g/mol. The highest BCUT2D eigenvalue weighted by Crippen LogP contribution is 2.49. The minimum atomic E-state index is -0.638. The van der Waals surface area contributed by atoms with E-state index in [2.05, 4.69) is 11.9 Å². The fourth-order valence-corrected chi connectivity index (χ4v) is 5.24. The molecule has 6 heteroatoms. The van der Waals surface area contributed by atoms with Crippen molar-refractivity contribution in [1.29, 1.82) is 0 Å². The number of quaternary nitrogens is 1. The van der Waals surface area contributed by atoms with Gasteiger partial charge in [-0.3, -0.25) is 9.78 Å². The largest absolute Gasteiger partial charge is 0.497 e. The van der Waals surface area contributed by atoms with Crippen LogP contribution in [0.1, 0.15) is 44.8 Å². The Balaban J connectivity index is 1.80. The van der Waals surface area contributed by atoms with E-state index in [9.17, 15) is 4.79 Å². The first-order valence-electron chi connectivity index (χ1n) is 10.1. The highest BCUT2D eigenvalue weighted by Gasteiger charge is 2.57. The lowest BCUT2D eigenvalue weighted by atomic mass is 9.72. The molecule has 0 N–H and O–H groups in total. The first kappa shape index (κ1) is 19.1. The molecule has 28 heavy (non-hydrogen) atoms. The fourth-order valence-electron chi connectivity index (χ4n) is 5.24. The van der Waals surface area contributed by atoms with Crippen LogP contribution in [0.4, 0.5) is 4.48 Å². The Labute approximate surface area is 165 Å². The lowest BCUT2D eigenvalue weighted by Crippen LogP contribution is -2.64. The fraction of sp³-hybridized carbons (Fsp3) is 0.545. The van der Waals surface area contributed by atoms with Crippen molar-refractivity contribution in [2.24, 2.45) is 11.8 Å². The number of nitrogens with zero attached hydrogens (tertiary/aromatic N) is 2. The number of benzene rings is 1. The zero-order chi connectivity index (χ0) is 19.9. The van der Waals surface area contributed by atoms with E-state index in [1.54, 1.807) is 13.3 Å². The second-order valence-electron chi connectivity index (χ2n) is 8.16. The van der Waals surface area contributed by atoms with Gasteiger partial charge in [0.15, 0.2) is 12.1 Å². The Kier molecular flexibility index (Phi) is 5.00. The number of carbonyl (C=O) groups excluding carboxylic acids is 1. The number of aromatic nitrogens is 1. The van der Waals surface area contributed by atoms with Crippen molar-refractivity contribution < 1.29 is 23.5 Å². The number of halogens is 1. The molecule has 1 aromatic heterocycles. The van der Waals surface area contributed by atoms with Gasteiger partial charge in [0.1, 0.15) is 18.8 Å². The zero-order valence-corrected chi connectivity index (χ0v) is 16.7. The van der Waals surface area contributed by atoms with Gasteiger partial charge in [-0.25, -0.2) is 0 Å². The molecule has 5 atom stereocenters. The van der Waals surface area contributed by atoms with Crippen molar-refractivity contribution in [2.75, 3.05) is 20.2 Å². The molecule has 2 aromatic rings. The van der Waals surface area contributed by atoms with Gasteiger partial charge in [-0.2, -0.15) is 0 Å². The van der Waals surface area contributed by atoms with Gasteiger partial charge in [-0.05, 0) is 41.1 Å². The molecule has 150 valence electrons. The number of rotatable bonds is 5. The monoisotopic (exact) mass is 387 g/mol. The highest BCUT2D eigenvalue weighted by atomic mass is 19.2. The lowest BCUT2D eigenvalue weighted by molar-refractivity contribution is -1.09. The van der Waals surface area contributed by atoms with Gasteiger partial charge < -0.3 is 9.47 Å². The van der Waals surface area contributed by atoms with E-state index in [1.807, 2.05) is 24.3 Å². The number of methoxy groups -OCH3 is 1. The van der Waals surface area contributed by atoms with Gasteiger partial charge in [-0.15, -0.1) is 4.71 Å². The minimum Gasteiger partial charge on any atom is -0.497 e. The molecule has 0 aliphatic carbocycles. The van der Waals surface area contributed by atoms with E-state index < -0.39 is 10.8 Å². The van der Waals surface area contributed by atoms with Crippen molar-refractivity contribution in [2.45, 2.75) is 45.3 Å². The third-order valence-electron chi connectivity index (χ3n) is 6.67. The topological polar surface area (TPSA) is 48.4 Å². The van der Waals surface area contributed by atoms with Gasteiger partial charge in [-0.1, -0.05) is 6.92 Å². The predicted octanol–water partition coefficient (Wildman–Crippen LogP) is 4.37. The molecule has 0 spiro atoms. The summed E-state index contributed by atoms with van der Waals surface area (Å²) in [6.45, 7) is 4.54. The number of hydrogen-bond donors (Lipinski definition) is 0. The Morgan fingerprint density at radius 3 is 2.89 bits per heavy atom. The summed E-state index contributed by atoms with van der Waals surface area (Å²) in [5.41, 5.74) is 1.59. The number of pyridine rings is 1. The van der Waals surface area contributed by atoms with Crippen LogP contribution >= 0.6 is 0 Å². The van der Waals surface area contributed by atoms with Crippen LogP contribution in [0.25, 0.3) is 10.9 Å². The molecule has 3 saturated heterocycles. The first-order valence-corrected chi connectivity index (χ1v) is 10.1. The van der Waals surface area contributed by atoms with Crippen LogP contribution in [0.2, 0.25) is 0 Å². The third-order valence-corrected chi connectivity index (χ3v) is 6.67. The summed E-state index contributed by atoms with van der Waals surface area (Å²) in [6.07, 6.45) is 3.70. The summed E-state index contributed by atoms with van der Waals surface area (Å²) >= 11 is 0. The molecular formula is C22H28FN2O3+. The molecule has 4 heterocycles. The van der Waals surface area contributed by atoms with Crippen molar-refractivity contribution in [3.05, 3.63) is 36.0 Å². The average Bonchev–Trinajstić information content (AvgIpc) is 2.70. The van der Waals surface area contributed by atoms with Crippen LogP contribution in [0, 0.1) is 11.8 Å². The Bertz CT molecular complexity index is 889. The maximum atomic E-state index is 16.1. The van der Waals surface area contributed by atoms with Gasteiger partial charge in [0.2, 0.25) is 0 Å². The summed E-state index contributed by atoms with van der Waals surface area (Å²) in [4.78, 5) is 16.4. The number of hydrogen-bond acceptors (Lipinski definition) is 4. The number of esters is 1. The lowest BCUT2D eigenvalue weighted by Gasteiger charge is -2.51. The van der Waals surface area contributed by atoms with Crippen molar-refractivity contribution in [3.8, 4) is 5.75 Å². The SMILES string of the molecule is CC[C@H]1C[N@+]2(F)CC[C@H]1C[C@H]2[C@@H](OC(C)=O)c1ccnc2ccc(OC)cc12. The van der Waals surface area contributed by atoms with E-state index in [4.69, 9.17) is 9.47 Å². The molecule has 0 amide bonds. The van der Waals surface area contributed by atoms with E-state index in [1.165, 1.54) is 6.92 Å². The van der Waals surface area contributed by atoms with E-state index in [-0.39, 0.29) is 12.0 Å². The standard InChI is InChI=1S/C22H28FN2O3/c1-4-15-13-25(23)10-8-16(15)11-21(25)22(28-14(2)26)18-7-9-24-20-6-5-17(27-3)12-19(18)20/h5-7,9,12,15-16,21-22H,4,8,10-11,13H2,1-3H3/q+1/t15-,16-,21-,22-,25+/m0/s1. The molecule has 0 radical (unpaired) electrons. The van der Waals surface area contributed by atoms with Crippen LogP contribution < -0.4 is 4.74 Å². The molecular weight excluding hydrogens is 359 g/mol. The number of fused-ring (bicyclic) bond motifs is 4. The van der Waals surface area contributed by atoms with Crippen LogP contribution in [-0.4, -0.2) is 41.9 Å². The van der Waals surface area contributed by atoms with Gasteiger partial charge >= 0.3 is 5.97 Å². The Morgan fingerprint density at radius 2 is 2.21 bits per heavy atom. The Morgan fingerprint density at radius 1 is 1.39 bits per heavy atom. The molecule has 2 bridgehead atoms. The molecule has 0 unspecified atom stereocenters. The van der Waals surface area contributed by atoms with E-state index >= 15 is 4.48 Å². The van der Waals surface area contributed by atoms with E-state index in [0.29, 0.717) is 30.7 Å². The predicted molar refractivity (Wildman–Crippen MR) is 104 cm³/mol. The molecule has 0 saturated carbocycles. The van der Waals surface area contributed by atoms with Crippen LogP contribution in [0.3, 0.4) is 0 Å².